The normalized spacial score (nSPS) is 12.0. The van der Waals surface area contributed by atoms with E-state index in [2.05, 4.69) is 66.0 Å². The zero-order valence-corrected chi connectivity index (χ0v) is 10.9. The molecule has 1 N–H and O–H groups in total. The minimum atomic E-state index is 0.0245. The average molecular weight is 302 g/mol. The van der Waals surface area contributed by atoms with Gasteiger partial charge in [-0.25, -0.2) is 0 Å². The maximum Gasteiger partial charge on any atom is 0.0551 e. The molecule has 0 amide bonds. The zero-order valence-electron chi connectivity index (χ0n) is 8.71. The highest BCUT2D eigenvalue weighted by atomic mass is 127. The van der Waals surface area contributed by atoms with Gasteiger partial charge in [0.15, 0.2) is 0 Å². The van der Waals surface area contributed by atoms with E-state index in [1.165, 1.54) is 3.57 Å². The monoisotopic (exact) mass is 302 g/mol. The Hall–Kier alpha value is -0.580. The van der Waals surface area contributed by atoms with Crippen LogP contribution in [0, 0.1) is 3.57 Å². The summed E-state index contributed by atoms with van der Waals surface area (Å²) in [5, 5.41) is 4.19. The Balaban J connectivity index is 2.65. The molecule has 76 valence electrons. The largest absolute Gasteiger partial charge is 0.305 e. The molecule has 0 spiro atoms. The lowest BCUT2D eigenvalue weighted by Gasteiger charge is -2.17. The Labute approximate surface area is 98.9 Å². The molecule has 1 rings (SSSR count). The molecular formula is C11H15IN2. The Morgan fingerprint density at radius 2 is 1.93 bits per heavy atom. The Bertz CT molecular complexity index is 326. The smallest absolute Gasteiger partial charge is 0.0551 e. The second kappa shape index (κ2) is 4.77. The van der Waals surface area contributed by atoms with Crippen LogP contribution in [0.25, 0.3) is 0 Å². The second-order valence-electron chi connectivity index (χ2n) is 4.14. The molecule has 0 saturated heterocycles. The van der Waals surface area contributed by atoms with Crippen molar-refractivity contribution in [1.29, 1.82) is 0 Å². The predicted octanol–water partition coefficient (Wildman–Crippen LogP) is 3.01. The molecule has 14 heavy (non-hydrogen) atoms. The highest BCUT2D eigenvalue weighted by molar-refractivity contribution is 14.1. The first-order valence-electron chi connectivity index (χ1n) is 4.54. The van der Waals surface area contributed by atoms with E-state index in [1.54, 1.807) is 0 Å². The van der Waals surface area contributed by atoms with Crippen LogP contribution in [0.15, 0.2) is 29.4 Å². The lowest BCUT2D eigenvalue weighted by molar-refractivity contribution is 0.442. The predicted molar refractivity (Wildman–Crippen MR) is 69.6 cm³/mol. The van der Waals surface area contributed by atoms with Gasteiger partial charge < -0.3 is 5.43 Å². The Morgan fingerprint density at radius 3 is 2.50 bits per heavy atom. The summed E-state index contributed by atoms with van der Waals surface area (Å²) < 4.78 is 1.21. The fourth-order valence-electron chi connectivity index (χ4n) is 0.875. The molecule has 0 unspecified atom stereocenters. The van der Waals surface area contributed by atoms with Gasteiger partial charge in [-0.1, -0.05) is 18.2 Å². The van der Waals surface area contributed by atoms with Crippen LogP contribution in [0.2, 0.25) is 0 Å². The van der Waals surface area contributed by atoms with Gasteiger partial charge in [0.1, 0.15) is 0 Å². The molecule has 0 heterocycles. The van der Waals surface area contributed by atoms with Crippen LogP contribution in [0.5, 0.6) is 0 Å². The summed E-state index contributed by atoms with van der Waals surface area (Å²) in [6.07, 6.45) is 1.85. The molecule has 0 fully saturated rings. The summed E-state index contributed by atoms with van der Waals surface area (Å²) in [6, 6.07) is 8.16. The van der Waals surface area contributed by atoms with Crippen molar-refractivity contribution >= 4 is 28.8 Å². The summed E-state index contributed by atoms with van der Waals surface area (Å²) in [6.45, 7) is 6.25. The SMILES string of the molecule is CC(C)(C)NN=Cc1ccccc1I. The minimum absolute atomic E-state index is 0.0245. The number of nitrogens with zero attached hydrogens (tertiary/aromatic N) is 1. The molecule has 0 saturated carbocycles. The number of rotatable bonds is 2. The van der Waals surface area contributed by atoms with Crippen LogP contribution in [-0.4, -0.2) is 11.8 Å². The van der Waals surface area contributed by atoms with E-state index in [1.807, 2.05) is 18.3 Å². The first-order valence-corrected chi connectivity index (χ1v) is 5.62. The zero-order chi connectivity index (χ0) is 10.6. The topological polar surface area (TPSA) is 24.4 Å². The van der Waals surface area contributed by atoms with Gasteiger partial charge >= 0.3 is 0 Å². The van der Waals surface area contributed by atoms with Gasteiger partial charge in [-0.2, -0.15) is 5.10 Å². The molecule has 3 heteroatoms. The summed E-state index contributed by atoms with van der Waals surface area (Å²) in [7, 11) is 0. The molecule has 2 nitrogen and oxygen atoms in total. The van der Waals surface area contributed by atoms with Crippen LogP contribution in [-0.2, 0) is 0 Å². The van der Waals surface area contributed by atoms with Gasteiger partial charge in [0.05, 0.1) is 6.21 Å². The van der Waals surface area contributed by atoms with E-state index in [0.717, 1.165) is 5.56 Å². The summed E-state index contributed by atoms with van der Waals surface area (Å²) in [4.78, 5) is 0. The molecule has 1 aromatic rings. The van der Waals surface area contributed by atoms with Crippen molar-refractivity contribution in [3.63, 3.8) is 0 Å². The molecular weight excluding hydrogens is 287 g/mol. The molecule has 0 aliphatic rings. The van der Waals surface area contributed by atoms with Crippen molar-refractivity contribution in [3.8, 4) is 0 Å². The van der Waals surface area contributed by atoms with E-state index in [9.17, 15) is 0 Å². The van der Waals surface area contributed by atoms with Gasteiger partial charge in [0, 0.05) is 14.7 Å². The number of hydrogen-bond donors (Lipinski definition) is 1. The van der Waals surface area contributed by atoms with Crippen LogP contribution in [0.1, 0.15) is 26.3 Å². The molecule has 0 aliphatic heterocycles. The summed E-state index contributed by atoms with van der Waals surface area (Å²) in [5.74, 6) is 0. The summed E-state index contributed by atoms with van der Waals surface area (Å²) >= 11 is 2.30. The van der Waals surface area contributed by atoms with Gasteiger partial charge in [-0.05, 0) is 49.4 Å². The van der Waals surface area contributed by atoms with Gasteiger partial charge in [0.2, 0.25) is 0 Å². The van der Waals surface area contributed by atoms with E-state index >= 15 is 0 Å². The fourth-order valence-corrected chi connectivity index (χ4v) is 1.40. The second-order valence-corrected chi connectivity index (χ2v) is 5.30. The maximum absolute atomic E-state index is 4.19. The molecule has 0 aliphatic carbocycles. The molecule has 0 atom stereocenters. The number of halogens is 1. The highest BCUT2D eigenvalue weighted by Gasteiger charge is 2.05. The van der Waals surface area contributed by atoms with Crippen molar-refractivity contribution in [2.45, 2.75) is 26.3 Å². The highest BCUT2D eigenvalue weighted by Crippen LogP contribution is 2.08. The van der Waals surface area contributed by atoms with Crippen LogP contribution < -0.4 is 5.43 Å². The fraction of sp³-hybridized carbons (Fsp3) is 0.364. The van der Waals surface area contributed by atoms with Gasteiger partial charge in [-0.15, -0.1) is 0 Å². The van der Waals surface area contributed by atoms with Crippen LogP contribution in [0.3, 0.4) is 0 Å². The third-order valence-corrected chi connectivity index (χ3v) is 2.49. The number of hydrogen-bond acceptors (Lipinski definition) is 2. The lowest BCUT2D eigenvalue weighted by Crippen LogP contribution is -2.31. The van der Waals surface area contributed by atoms with E-state index < -0.39 is 0 Å². The molecule has 1 aromatic carbocycles. The average Bonchev–Trinajstić information content (AvgIpc) is 2.06. The van der Waals surface area contributed by atoms with Crippen molar-refractivity contribution in [3.05, 3.63) is 33.4 Å². The third kappa shape index (κ3) is 4.09. The van der Waals surface area contributed by atoms with E-state index in [0.29, 0.717) is 0 Å². The molecule has 0 bridgehead atoms. The van der Waals surface area contributed by atoms with Crippen molar-refractivity contribution in [2.75, 3.05) is 0 Å². The minimum Gasteiger partial charge on any atom is -0.305 e. The van der Waals surface area contributed by atoms with E-state index in [4.69, 9.17) is 0 Å². The van der Waals surface area contributed by atoms with E-state index in [-0.39, 0.29) is 5.54 Å². The maximum atomic E-state index is 4.19. The van der Waals surface area contributed by atoms with Crippen LogP contribution in [0.4, 0.5) is 0 Å². The van der Waals surface area contributed by atoms with Crippen molar-refractivity contribution in [1.82, 2.24) is 5.43 Å². The summed E-state index contributed by atoms with van der Waals surface area (Å²) in [5.41, 5.74) is 4.23. The standard InChI is InChI=1S/C11H15IN2/c1-11(2,3)14-13-8-9-6-4-5-7-10(9)12/h4-8,14H,1-3H3. The Morgan fingerprint density at radius 1 is 1.29 bits per heavy atom. The number of benzene rings is 1. The van der Waals surface area contributed by atoms with Crippen LogP contribution >= 0.6 is 22.6 Å². The van der Waals surface area contributed by atoms with Crippen molar-refractivity contribution < 1.29 is 0 Å². The molecule has 0 aromatic heterocycles. The quantitative estimate of drug-likeness (QED) is 0.507. The Kier molecular flexibility index (Phi) is 3.92. The number of nitrogens with one attached hydrogen (secondary N) is 1. The number of hydrazone groups is 1. The first kappa shape index (κ1) is 11.5. The van der Waals surface area contributed by atoms with Gasteiger partial charge in [-0.3, -0.25) is 0 Å². The van der Waals surface area contributed by atoms with Gasteiger partial charge in [0.25, 0.3) is 0 Å². The lowest BCUT2D eigenvalue weighted by atomic mass is 10.1. The van der Waals surface area contributed by atoms with Crippen molar-refractivity contribution in [2.24, 2.45) is 5.10 Å². The first-order chi connectivity index (χ1) is 6.49. The molecule has 0 radical (unpaired) electrons. The third-order valence-electron chi connectivity index (χ3n) is 1.51.